The summed E-state index contributed by atoms with van der Waals surface area (Å²) in [7, 11) is 0. The highest BCUT2D eigenvalue weighted by molar-refractivity contribution is 7.99. The van der Waals surface area contributed by atoms with Crippen molar-refractivity contribution in [2.24, 2.45) is 0 Å². The van der Waals surface area contributed by atoms with E-state index in [0.717, 1.165) is 33.9 Å². The molecule has 7 nitrogen and oxygen atoms in total. The van der Waals surface area contributed by atoms with E-state index in [2.05, 4.69) is 25.5 Å². The predicted molar refractivity (Wildman–Crippen MR) is 74.2 cm³/mol. The van der Waals surface area contributed by atoms with Gasteiger partial charge in [0.15, 0.2) is 0 Å². The van der Waals surface area contributed by atoms with Crippen molar-refractivity contribution < 1.29 is 0 Å². The second-order valence-electron chi connectivity index (χ2n) is 4.69. The van der Waals surface area contributed by atoms with E-state index in [1.54, 1.807) is 6.33 Å². The van der Waals surface area contributed by atoms with E-state index in [1.807, 2.05) is 22.9 Å². The van der Waals surface area contributed by atoms with Gasteiger partial charge in [0.2, 0.25) is 5.16 Å². The Morgan fingerprint density at radius 1 is 1.25 bits per heavy atom. The molecule has 1 aromatic carbocycles. The molecule has 0 spiro atoms. The molecule has 1 aliphatic carbocycles. The minimum atomic E-state index is 0.436. The molecule has 8 heteroatoms. The van der Waals surface area contributed by atoms with Crippen LogP contribution in [0.3, 0.4) is 0 Å². The average molecular weight is 285 g/mol. The molecule has 0 atom stereocenters. The van der Waals surface area contributed by atoms with E-state index in [0.29, 0.717) is 11.7 Å². The number of tetrazole rings is 1. The highest BCUT2D eigenvalue weighted by Gasteiger charge is 2.28. The molecule has 1 fully saturated rings. The number of hydrogen-bond acceptors (Lipinski definition) is 7. The number of fused-ring (bicyclic) bond motifs is 1. The molecule has 2 aromatic heterocycles. The van der Waals surface area contributed by atoms with Gasteiger partial charge in [-0.3, -0.25) is 0 Å². The second kappa shape index (κ2) is 4.41. The van der Waals surface area contributed by atoms with Crippen LogP contribution in [-0.4, -0.2) is 30.2 Å². The number of aromatic nitrogens is 6. The van der Waals surface area contributed by atoms with Gasteiger partial charge in [-0.2, -0.15) is 0 Å². The molecule has 1 saturated carbocycles. The summed E-state index contributed by atoms with van der Waals surface area (Å²) >= 11 is 1.45. The molecule has 4 rings (SSSR count). The van der Waals surface area contributed by atoms with Crippen molar-refractivity contribution in [1.29, 1.82) is 0 Å². The maximum absolute atomic E-state index is 5.84. The molecule has 0 amide bonds. The van der Waals surface area contributed by atoms with Crippen LogP contribution in [0.15, 0.2) is 34.7 Å². The summed E-state index contributed by atoms with van der Waals surface area (Å²) in [4.78, 5) is 8.57. The molecule has 2 heterocycles. The highest BCUT2D eigenvalue weighted by Crippen LogP contribution is 2.38. The summed E-state index contributed by atoms with van der Waals surface area (Å²) in [5, 5.41) is 14.4. The van der Waals surface area contributed by atoms with Gasteiger partial charge in [-0.1, -0.05) is 0 Å². The van der Waals surface area contributed by atoms with Crippen LogP contribution in [0.5, 0.6) is 0 Å². The van der Waals surface area contributed by atoms with E-state index in [9.17, 15) is 0 Å². The fraction of sp³-hybridized carbons (Fsp3) is 0.250. The lowest BCUT2D eigenvalue weighted by atomic mass is 10.2. The van der Waals surface area contributed by atoms with Gasteiger partial charge in [0, 0.05) is 11.1 Å². The zero-order valence-electron chi connectivity index (χ0n) is 10.5. The first-order valence-corrected chi connectivity index (χ1v) is 7.09. The summed E-state index contributed by atoms with van der Waals surface area (Å²) in [6.45, 7) is 0. The van der Waals surface area contributed by atoms with Crippen LogP contribution in [0.1, 0.15) is 18.9 Å². The Morgan fingerprint density at radius 3 is 3.00 bits per heavy atom. The van der Waals surface area contributed by atoms with Gasteiger partial charge in [-0.25, -0.2) is 14.6 Å². The summed E-state index contributed by atoms with van der Waals surface area (Å²) in [6, 6.07) is 6.03. The molecule has 3 aromatic rings. The van der Waals surface area contributed by atoms with Crippen molar-refractivity contribution in [2.45, 2.75) is 29.1 Å². The molecular weight excluding hydrogens is 274 g/mol. The van der Waals surface area contributed by atoms with Crippen molar-refractivity contribution in [1.82, 2.24) is 30.2 Å². The van der Waals surface area contributed by atoms with Crippen LogP contribution in [0.25, 0.3) is 10.9 Å². The maximum atomic E-state index is 5.84. The van der Waals surface area contributed by atoms with Gasteiger partial charge < -0.3 is 5.73 Å². The fourth-order valence-corrected chi connectivity index (χ4v) is 2.92. The zero-order valence-corrected chi connectivity index (χ0v) is 11.3. The van der Waals surface area contributed by atoms with E-state index in [-0.39, 0.29) is 0 Å². The Balaban J connectivity index is 1.78. The van der Waals surface area contributed by atoms with E-state index in [4.69, 9.17) is 5.73 Å². The Labute approximate surface area is 118 Å². The third kappa shape index (κ3) is 1.97. The second-order valence-corrected chi connectivity index (χ2v) is 5.65. The normalized spacial score (nSPS) is 14.8. The van der Waals surface area contributed by atoms with Crippen molar-refractivity contribution in [3.8, 4) is 0 Å². The van der Waals surface area contributed by atoms with Gasteiger partial charge in [0.1, 0.15) is 11.4 Å². The van der Waals surface area contributed by atoms with Crippen LogP contribution in [0, 0.1) is 0 Å². The van der Waals surface area contributed by atoms with Gasteiger partial charge >= 0.3 is 0 Å². The number of nitrogens with zero attached hydrogens (tertiary/aromatic N) is 6. The molecule has 1 aliphatic rings. The maximum Gasteiger partial charge on any atom is 0.215 e. The first-order valence-electron chi connectivity index (χ1n) is 6.27. The summed E-state index contributed by atoms with van der Waals surface area (Å²) in [6.07, 6.45) is 3.82. The lowest BCUT2D eigenvalue weighted by molar-refractivity contribution is 0.565. The van der Waals surface area contributed by atoms with Crippen LogP contribution >= 0.6 is 11.8 Å². The van der Waals surface area contributed by atoms with E-state index < -0.39 is 0 Å². The van der Waals surface area contributed by atoms with Crippen molar-refractivity contribution in [3.63, 3.8) is 0 Å². The van der Waals surface area contributed by atoms with Gasteiger partial charge in [0.25, 0.3) is 0 Å². The minimum absolute atomic E-state index is 0.436. The number of hydrogen-bond donors (Lipinski definition) is 1. The first kappa shape index (κ1) is 11.6. The number of nitrogens with two attached hydrogens (primary N) is 1. The monoisotopic (exact) mass is 285 g/mol. The SMILES string of the molecule is Nc1ccc2ncnc(Sc3nnnn3C3CC3)c2c1. The van der Waals surface area contributed by atoms with Crippen LogP contribution in [0.4, 0.5) is 5.69 Å². The molecule has 0 radical (unpaired) electrons. The zero-order chi connectivity index (χ0) is 13.5. The highest BCUT2D eigenvalue weighted by atomic mass is 32.2. The molecule has 0 unspecified atom stereocenters. The summed E-state index contributed by atoms with van der Waals surface area (Å²) < 4.78 is 1.87. The number of nitrogen functional groups attached to an aromatic ring is 1. The largest absolute Gasteiger partial charge is 0.399 e. The van der Waals surface area contributed by atoms with Crippen molar-refractivity contribution in [2.75, 3.05) is 5.73 Å². The Bertz CT molecular complexity index is 780. The fourth-order valence-electron chi connectivity index (χ4n) is 2.02. The third-order valence-corrected chi connectivity index (χ3v) is 4.14. The van der Waals surface area contributed by atoms with Crippen molar-refractivity contribution >= 4 is 28.4 Å². The average Bonchev–Trinajstić information content (AvgIpc) is 3.20. The quantitative estimate of drug-likeness (QED) is 0.577. The minimum Gasteiger partial charge on any atom is -0.399 e. The van der Waals surface area contributed by atoms with Crippen LogP contribution in [0.2, 0.25) is 0 Å². The standard InChI is InChI=1S/C12H11N7S/c13-7-1-4-10-9(5-7)11(15-6-14-10)20-12-16-17-18-19(12)8-2-3-8/h1,4-6,8H,2-3,13H2. The molecule has 2 N–H and O–H groups in total. The molecule has 0 aliphatic heterocycles. The number of anilines is 1. The van der Waals surface area contributed by atoms with Gasteiger partial charge in [-0.05, 0) is 53.2 Å². The lowest BCUT2D eigenvalue weighted by Gasteiger charge is -2.05. The van der Waals surface area contributed by atoms with E-state index in [1.165, 1.54) is 11.8 Å². The molecular formula is C12H11N7S. The number of rotatable bonds is 3. The predicted octanol–water partition coefficient (Wildman–Crippen LogP) is 1.68. The van der Waals surface area contributed by atoms with Crippen LogP contribution < -0.4 is 5.73 Å². The summed E-state index contributed by atoms with van der Waals surface area (Å²) in [5.41, 5.74) is 7.40. The smallest absolute Gasteiger partial charge is 0.215 e. The van der Waals surface area contributed by atoms with Crippen LogP contribution in [-0.2, 0) is 0 Å². The summed E-state index contributed by atoms with van der Waals surface area (Å²) in [5.74, 6) is 0. The van der Waals surface area contributed by atoms with Gasteiger partial charge in [-0.15, -0.1) is 5.10 Å². The Hall–Kier alpha value is -2.22. The van der Waals surface area contributed by atoms with Gasteiger partial charge in [0.05, 0.1) is 11.6 Å². The Kier molecular flexibility index (Phi) is 2.56. The molecule has 20 heavy (non-hydrogen) atoms. The first-order chi connectivity index (χ1) is 9.81. The van der Waals surface area contributed by atoms with Crippen molar-refractivity contribution in [3.05, 3.63) is 24.5 Å². The Morgan fingerprint density at radius 2 is 2.15 bits per heavy atom. The topological polar surface area (TPSA) is 95.4 Å². The lowest BCUT2D eigenvalue weighted by Crippen LogP contribution is -1.99. The number of benzene rings is 1. The third-order valence-electron chi connectivity index (χ3n) is 3.17. The molecule has 100 valence electrons. The van der Waals surface area contributed by atoms with E-state index >= 15 is 0 Å². The molecule has 0 saturated heterocycles. The molecule has 0 bridgehead atoms.